The summed E-state index contributed by atoms with van der Waals surface area (Å²) in [5.41, 5.74) is 2.69. The first-order valence-corrected chi connectivity index (χ1v) is 10.5. The lowest BCUT2D eigenvalue weighted by Crippen LogP contribution is -2.47. The first-order chi connectivity index (χ1) is 15.9. The number of ether oxygens (including phenoxy) is 2. The molecule has 172 valence electrons. The van der Waals surface area contributed by atoms with Crippen LogP contribution in [-0.4, -0.2) is 47.5 Å². The van der Waals surface area contributed by atoms with Crippen LogP contribution in [0.2, 0.25) is 0 Å². The Morgan fingerprint density at radius 2 is 1.91 bits per heavy atom. The number of aromatic nitrogens is 2. The Labute approximate surface area is 195 Å². The van der Waals surface area contributed by atoms with Crippen molar-refractivity contribution < 1.29 is 22.8 Å². The van der Waals surface area contributed by atoms with Crippen molar-refractivity contribution in [3.8, 4) is 17.1 Å². The van der Waals surface area contributed by atoms with E-state index in [2.05, 4.69) is 15.5 Å². The Kier molecular flexibility index (Phi) is 6.66. The Morgan fingerprint density at radius 1 is 1.15 bits per heavy atom. The van der Waals surface area contributed by atoms with Crippen LogP contribution in [0.1, 0.15) is 24.4 Å². The molecule has 1 aliphatic rings. The van der Waals surface area contributed by atoms with Gasteiger partial charge in [-0.3, -0.25) is 0 Å². The van der Waals surface area contributed by atoms with Gasteiger partial charge in [0.2, 0.25) is 5.82 Å². The van der Waals surface area contributed by atoms with E-state index in [0.717, 1.165) is 11.3 Å². The van der Waals surface area contributed by atoms with Crippen molar-refractivity contribution in [3.05, 3.63) is 71.3 Å². The van der Waals surface area contributed by atoms with Crippen molar-refractivity contribution in [2.24, 2.45) is 0 Å². The smallest absolute Gasteiger partial charge is 0.258 e. The zero-order chi connectivity index (χ0) is 23.5. The molecule has 2 heterocycles. The van der Waals surface area contributed by atoms with Crippen LogP contribution in [0, 0.1) is 11.6 Å². The second kappa shape index (κ2) is 9.63. The van der Waals surface area contributed by atoms with Crippen molar-refractivity contribution in [2.45, 2.75) is 13.0 Å². The normalized spacial score (nSPS) is 16.2. The van der Waals surface area contributed by atoms with Crippen LogP contribution in [0.3, 0.4) is 0 Å². The molecule has 1 unspecified atom stereocenters. The van der Waals surface area contributed by atoms with Gasteiger partial charge < -0.3 is 24.2 Å². The van der Waals surface area contributed by atoms with Gasteiger partial charge in [0.1, 0.15) is 5.82 Å². The van der Waals surface area contributed by atoms with Crippen LogP contribution in [0.15, 0.2) is 52.7 Å². The van der Waals surface area contributed by atoms with Gasteiger partial charge in [0.05, 0.1) is 25.3 Å². The maximum Gasteiger partial charge on any atom is 0.258 e. The summed E-state index contributed by atoms with van der Waals surface area (Å²) in [6, 6.07) is 10.1. The number of nitrogens with zero attached hydrogens (tertiary/aromatic N) is 3. The molecule has 0 saturated heterocycles. The van der Waals surface area contributed by atoms with E-state index >= 15 is 0 Å². The van der Waals surface area contributed by atoms with Gasteiger partial charge in [-0.1, -0.05) is 17.3 Å². The van der Waals surface area contributed by atoms with E-state index in [4.69, 9.17) is 26.2 Å². The lowest BCUT2D eigenvalue weighted by molar-refractivity contribution is 0.183. The molecule has 10 heteroatoms. The molecule has 2 aromatic carbocycles. The van der Waals surface area contributed by atoms with E-state index in [1.54, 1.807) is 25.3 Å². The number of hydrogen-bond donors (Lipinski definition) is 1. The number of methoxy groups -OCH3 is 2. The SMILES string of the molecule is COCCN1C(=S)NC(c2ccc(F)cc2)C(c2nc(-c3ccc(OC)c(F)c3)no2)=C1C. The quantitative estimate of drug-likeness (QED) is 0.510. The summed E-state index contributed by atoms with van der Waals surface area (Å²) < 4.78 is 43.5. The second-order valence-corrected chi connectivity index (χ2v) is 7.74. The van der Waals surface area contributed by atoms with Crippen LogP contribution >= 0.6 is 12.2 Å². The highest BCUT2D eigenvalue weighted by Gasteiger charge is 2.34. The largest absolute Gasteiger partial charge is 0.494 e. The van der Waals surface area contributed by atoms with Gasteiger partial charge in [-0.05, 0) is 55.0 Å². The van der Waals surface area contributed by atoms with Gasteiger partial charge in [0.15, 0.2) is 16.7 Å². The third kappa shape index (κ3) is 4.57. The Bertz CT molecular complexity index is 1200. The molecule has 3 aromatic rings. The number of benzene rings is 2. The van der Waals surface area contributed by atoms with Crippen LogP contribution < -0.4 is 10.1 Å². The lowest BCUT2D eigenvalue weighted by Gasteiger charge is -2.37. The summed E-state index contributed by atoms with van der Waals surface area (Å²) in [6.45, 7) is 2.86. The molecule has 1 N–H and O–H groups in total. The first-order valence-electron chi connectivity index (χ1n) is 10.1. The van der Waals surface area contributed by atoms with Crippen LogP contribution in [0.25, 0.3) is 17.0 Å². The van der Waals surface area contributed by atoms with Crippen molar-refractivity contribution in [1.82, 2.24) is 20.4 Å². The maximum atomic E-state index is 14.2. The van der Waals surface area contributed by atoms with E-state index < -0.39 is 11.9 Å². The lowest BCUT2D eigenvalue weighted by atomic mass is 9.95. The fourth-order valence-electron chi connectivity index (χ4n) is 3.67. The Hall–Kier alpha value is -3.37. The molecule has 0 bridgehead atoms. The fourth-order valence-corrected chi connectivity index (χ4v) is 4.02. The molecule has 33 heavy (non-hydrogen) atoms. The molecule has 0 fully saturated rings. The highest BCUT2D eigenvalue weighted by atomic mass is 32.1. The summed E-state index contributed by atoms with van der Waals surface area (Å²) in [7, 11) is 3.01. The van der Waals surface area contributed by atoms with Crippen LogP contribution in [-0.2, 0) is 4.74 Å². The molecular formula is C23H22F2N4O3S. The van der Waals surface area contributed by atoms with Gasteiger partial charge in [-0.15, -0.1) is 0 Å². The van der Waals surface area contributed by atoms with Gasteiger partial charge in [-0.25, -0.2) is 8.78 Å². The minimum Gasteiger partial charge on any atom is -0.494 e. The monoisotopic (exact) mass is 472 g/mol. The van der Waals surface area contributed by atoms with Gasteiger partial charge in [0, 0.05) is 24.9 Å². The first kappa shape index (κ1) is 22.8. The number of nitrogens with one attached hydrogen (secondary N) is 1. The summed E-state index contributed by atoms with van der Waals surface area (Å²) in [5, 5.41) is 7.83. The zero-order valence-electron chi connectivity index (χ0n) is 18.3. The van der Waals surface area contributed by atoms with E-state index in [1.165, 1.54) is 31.4 Å². The molecule has 7 nitrogen and oxygen atoms in total. The number of halogens is 2. The van der Waals surface area contributed by atoms with Gasteiger partial charge >= 0.3 is 0 Å². The molecule has 0 spiro atoms. The fraction of sp³-hybridized carbons (Fsp3) is 0.261. The third-order valence-corrected chi connectivity index (χ3v) is 5.72. The van der Waals surface area contributed by atoms with Crippen LogP contribution in [0.4, 0.5) is 8.78 Å². The minimum absolute atomic E-state index is 0.121. The van der Waals surface area contributed by atoms with E-state index in [0.29, 0.717) is 29.4 Å². The third-order valence-electron chi connectivity index (χ3n) is 5.39. The number of thiocarbonyl (C=S) groups is 1. The molecule has 4 rings (SSSR count). The molecule has 0 amide bonds. The summed E-state index contributed by atoms with van der Waals surface area (Å²) >= 11 is 5.57. The molecule has 1 aromatic heterocycles. The van der Waals surface area contributed by atoms with E-state index in [-0.39, 0.29) is 23.3 Å². The number of allylic oxidation sites excluding steroid dienone is 1. The molecule has 0 saturated carbocycles. The van der Waals surface area contributed by atoms with E-state index in [9.17, 15) is 8.78 Å². The van der Waals surface area contributed by atoms with Crippen molar-refractivity contribution in [3.63, 3.8) is 0 Å². The summed E-state index contributed by atoms with van der Waals surface area (Å²) in [4.78, 5) is 6.41. The summed E-state index contributed by atoms with van der Waals surface area (Å²) in [5.74, 6) is -0.290. The predicted octanol–water partition coefficient (Wildman–Crippen LogP) is 4.33. The molecule has 0 aliphatic carbocycles. The molecular weight excluding hydrogens is 450 g/mol. The standard InChI is InChI=1S/C23H22F2N4O3S/c1-13-19(22-27-21(28-32-22)15-6-9-18(31-3)17(25)12-15)20(14-4-7-16(24)8-5-14)26-23(33)29(13)10-11-30-2/h4-9,12,20H,10-11H2,1-3H3,(H,26,33). The second-order valence-electron chi connectivity index (χ2n) is 7.35. The highest BCUT2D eigenvalue weighted by molar-refractivity contribution is 7.80. The van der Waals surface area contributed by atoms with Gasteiger partial charge in [-0.2, -0.15) is 4.98 Å². The molecule has 1 atom stereocenters. The van der Waals surface area contributed by atoms with Gasteiger partial charge in [0.25, 0.3) is 5.89 Å². The molecule has 1 aliphatic heterocycles. The Balaban J connectivity index is 1.78. The van der Waals surface area contributed by atoms with Crippen molar-refractivity contribution >= 4 is 22.9 Å². The van der Waals surface area contributed by atoms with Crippen molar-refractivity contribution in [1.29, 1.82) is 0 Å². The van der Waals surface area contributed by atoms with Crippen LogP contribution in [0.5, 0.6) is 5.75 Å². The highest BCUT2D eigenvalue weighted by Crippen LogP contribution is 2.37. The average Bonchev–Trinajstić information content (AvgIpc) is 3.29. The van der Waals surface area contributed by atoms with E-state index in [1.807, 2.05) is 11.8 Å². The predicted molar refractivity (Wildman–Crippen MR) is 122 cm³/mol. The number of rotatable bonds is 7. The number of hydrogen-bond acceptors (Lipinski definition) is 6. The topological polar surface area (TPSA) is 72.7 Å². The molecule has 0 radical (unpaired) electrons. The average molecular weight is 473 g/mol. The Morgan fingerprint density at radius 3 is 2.58 bits per heavy atom. The zero-order valence-corrected chi connectivity index (χ0v) is 19.1. The minimum atomic E-state index is -0.531. The van der Waals surface area contributed by atoms with Crippen molar-refractivity contribution in [2.75, 3.05) is 27.4 Å². The summed E-state index contributed by atoms with van der Waals surface area (Å²) in [6.07, 6.45) is 0. The maximum absolute atomic E-state index is 14.2.